The van der Waals surface area contributed by atoms with Gasteiger partial charge in [-0.05, 0) is 22.4 Å². The van der Waals surface area contributed by atoms with Gasteiger partial charge in [0, 0.05) is 29.2 Å². The molecule has 1 atom stereocenters. The second kappa shape index (κ2) is 8.04. The van der Waals surface area contributed by atoms with E-state index in [1.807, 2.05) is 35.0 Å². The van der Waals surface area contributed by atoms with E-state index in [9.17, 15) is 19.8 Å². The molecule has 0 saturated heterocycles. The molecule has 7 heteroatoms. The summed E-state index contributed by atoms with van der Waals surface area (Å²) in [6.07, 6.45) is -0.0695. The summed E-state index contributed by atoms with van der Waals surface area (Å²) in [4.78, 5) is 25.0. The molecule has 0 aliphatic carbocycles. The highest BCUT2D eigenvalue weighted by molar-refractivity contribution is 7.08. The molecule has 2 N–H and O–H groups in total. The Morgan fingerprint density at radius 2 is 1.90 bits per heavy atom. The minimum Gasteiger partial charge on any atom is -0.507 e. The second-order valence-corrected chi connectivity index (χ2v) is 7.54. The third-order valence-corrected chi connectivity index (χ3v) is 5.65. The maximum Gasteiger partial charge on any atom is 0.306 e. The fourth-order valence-electron chi connectivity index (χ4n) is 3.51. The number of fused-ring (bicyclic) bond motifs is 1. The number of thiophene rings is 1. The van der Waals surface area contributed by atoms with Crippen molar-refractivity contribution in [1.29, 1.82) is 0 Å². The van der Waals surface area contributed by atoms with E-state index >= 15 is 0 Å². The van der Waals surface area contributed by atoms with Crippen molar-refractivity contribution in [2.75, 3.05) is 7.11 Å². The minimum atomic E-state index is -0.624. The van der Waals surface area contributed by atoms with Crippen molar-refractivity contribution in [3.8, 4) is 22.8 Å². The topological polar surface area (TPSA) is 97.0 Å². The molecule has 0 unspecified atom stereocenters. The van der Waals surface area contributed by atoms with Gasteiger partial charge in [-0.3, -0.25) is 9.59 Å². The van der Waals surface area contributed by atoms with Gasteiger partial charge in [0.15, 0.2) is 5.43 Å². The molecule has 0 amide bonds. The van der Waals surface area contributed by atoms with Crippen LogP contribution in [0, 0.1) is 0 Å². The van der Waals surface area contributed by atoms with Gasteiger partial charge in [0.25, 0.3) is 0 Å². The van der Waals surface area contributed by atoms with Gasteiger partial charge in [-0.1, -0.05) is 30.3 Å². The predicted molar refractivity (Wildman–Crippen MR) is 114 cm³/mol. The number of hydrogen-bond acceptors (Lipinski definition) is 7. The Labute approximate surface area is 175 Å². The lowest BCUT2D eigenvalue weighted by molar-refractivity contribution is -0.140. The van der Waals surface area contributed by atoms with Crippen molar-refractivity contribution in [3.05, 3.63) is 80.6 Å². The largest absolute Gasteiger partial charge is 0.507 e. The van der Waals surface area contributed by atoms with E-state index in [-0.39, 0.29) is 34.5 Å². The summed E-state index contributed by atoms with van der Waals surface area (Å²) < 4.78 is 10.9. The number of rotatable bonds is 5. The summed E-state index contributed by atoms with van der Waals surface area (Å²) >= 11 is 1.44. The van der Waals surface area contributed by atoms with Crippen molar-refractivity contribution in [2.24, 2.45) is 0 Å². The van der Waals surface area contributed by atoms with Crippen LogP contribution in [-0.4, -0.2) is 23.3 Å². The molecule has 2 aromatic carbocycles. The van der Waals surface area contributed by atoms with E-state index < -0.39 is 17.3 Å². The first-order chi connectivity index (χ1) is 14.5. The number of hydrogen-bond donors (Lipinski definition) is 2. The standard InChI is InChI=1S/C23H18O6S/c1-28-20(27)9-15(14-7-8-30-12-14)21-16(24)10-17(25)22-18(26)11-19(29-23(21)22)13-5-3-2-4-6-13/h2-8,10-12,15,24-25H,9H2,1H3/t15-/m0/s1. The molecule has 4 aromatic rings. The number of aromatic hydroxyl groups is 2. The lowest BCUT2D eigenvalue weighted by atomic mass is 9.88. The molecule has 0 saturated carbocycles. The van der Waals surface area contributed by atoms with E-state index in [0.29, 0.717) is 11.3 Å². The Morgan fingerprint density at radius 1 is 1.13 bits per heavy atom. The van der Waals surface area contributed by atoms with E-state index in [1.165, 1.54) is 24.5 Å². The molecular weight excluding hydrogens is 404 g/mol. The third-order valence-electron chi connectivity index (χ3n) is 4.95. The maximum atomic E-state index is 12.9. The molecule has 4 rings (SSSR count). The van der Waals surface area contributed by atoms with Gasteiger partial charge in [-0.25, -0.2) is 0 Å². The number of benzene rings is 2. The van der Waals surface area contributed by atoms with Crippen LogP contribution >= 0.6 is 11.3 Å². The number of ether oxygens (including phenoxy) is 1. The van der Waals surface area contributed by atoms with Crippen LogP contribution in [0.25, 0.3) is 22.3 Å². The third kappa shape index (κ3) is 3.55. The number of carbonyl (C=O) groups is 1. The van der Waals surface area contributed by atoms with Crippen LogP contribution in [0.2, 0.25) is 0 Å². The lowest BCUT2D eigenvalue weighted by Gasteiger charge is -2.19. The Kier molecular flexibility index (Phi) is 5.29. The summed E-state index contributed by atoms with van der Waals surface area (Å²) in [6.45, 7) is 0. The molecule has 2 heterocycles. The maximum absolute atomic E-state index is 12.9. The zero-order valence-corrected chi connectivity index (χ0v) is 16.8. The van der Waals surface area contributed by atoms with Crippen molar-refractivity contribution in [3.63, 3.8) is 0 Å². The van der Waals surface area contributed by atoms with Crippen molar-refractivity contribution in [1.82, 2.24) is 0 Å². The SMILES string of the molecule is COC(=O)C[C@@H](c1ccsc1)c1c(O)cc(O)c2c(=O)cc(-c3ccccc3)oc12. The molecule has 0 aliphatic heterocycles. The molecule has 0 spiro atoms. The van der Waals surface area contributed by atoms with E-state index in [4.69, 9.17) is 9.15 Å². The Morgan fingerprint density at radius 3 is 2.57 bits per heavy atom. The van der Waals surface area contributed by atoms with Crippen LogP contribution < -0.4 is 5.43 Å². The van der Waals surface area contributed by atoms with Crippen LogP contribution in [0.4, 0.5) is 0 Å². The summed E-state index contributed by atoms with van der Waals surface area (Å²) in [5.41, 5.74) is 1.28. The fourth-order valence-corrected chi connectivity index (χ4v) is 4.23. The zero-order valence-electron chi connectivity index (χ0n) is 16.0. The van der Waals surface area contributed by atoms with Gasteiger partial charge in [-0.15, -0.1) is 0 Å². The van der Waals surface area contributed by atoms with Crippen LogP contribution in [-0.2, 0) is 9.53 Å². The second-order valence-electron chi connectivity index (χ2n) is 6.76. The Bertz CT molecular complexity index is 1260. The molecule has 0 radical (unpaired) electrons. The monoisotopic (exact) mass is 422 g/mol. The highest BCUT2D eigenvalue weighted by Gasteiger charge is 2.28. The van der Waals surface area contributed by atoms with Crippen LogP contribution in [0.5, 0.6) is 11.5 Å². The summed E-state index contributed by atoms with van der Waals surface area (Å²) in [7, 11) is 1.29. The normalized spacial score (nSPS) is 12.0. The summed E-state index contributed by atoms with van der Waals surface area (Å²) in [6, 6.07) is 13.3. The van der Waals surface area contributed by atoms with E-state index in [1.54, 1.807) is 12.1 Å². The van der Waals surface area contributed by atoms with Crippen LogP contribution in [0.15, 0.2) is 68.5 Å². The highest BCUT2D eigenvalue weighted by atomic mass is 32.1. The first-order valence-corrected chi connectivity index (χ1v) is 10.1. The fraction of sp³-hybridized carbons (Fsp3) is 0.130. The van der Waals surface area contributed by atoms with E-state index in [0.717, 1.165) is 11.6 Å². The van der Waals surface area contributed by atoms with Gasteiger partial charge in [0.1, 0.15) is 28.2 Å². The number of esters is 1. The number of carbonyl (C=O) groups excluding carboxylic acids is 1. The highest BCUT2D eigenvalue weighted by Crippen LogP contribution is 2.43. The summed E-state index contributed by atoms with van der Waals surface area (Å²) in [5.74, 6) is -1.47. The van der Waals surface area contributed by atoms with Gasteiger partial charge in [0.2, 0.25) is 0 Å². The molecular formula is C23H18O6S. The van der Waals surface area contributed by atoms with Gasteiger partial charge < -0.3 is 19.4 Å². The predicted octanol–water partition coefficient (Wildman–Crippen LogP) is 4.63. The minimum absolute atomic E-state index is 0.0407. The Balaban J connectivity index is 2.03. The van der Waals surface area contributed by atoms with Gasteiger partial charge in [0.05, 0.1) is 13.5 Å². The zero-order chi connectivity index (χ0) is 21.3. The first-order valence-electron chi connectivity index (χ1n) is 9.16. The molecule has 30 heavy (non-hydrogen) atoms. The van der Waals surface area contributed by atoms with Gasteiger partial charge >= 0.3 is 5.97 Å². The van der Waals surface area contributed by atoms with E-state index in [2.05, 4.69) is 0 Å². The Hall–Kier alpha value is -3.58. The molecule has 0 fully saturated rings. The van der Waals surface area contributed by atoms with Gasteiger partial charge in [-0.2, -0.15) is 11.3 Å². The number of methoxy groups -OCH3 is 1. The molecule has 152 valence electrons. The lowest BCUT2D eigenvalue weighted by Crippen LogP contribution is -2.12. The number of phenols is 2. The first kappa shape index (κ1) is 19.7. The average Bonchev–Trinajstić information content (AvgIpc) is 3.27. The van der Waals surface area contributed by atoms with Crippen molar-refractivity contribution >= 4 is 28.3 Å². The molecule has 6 nitrogen and oxygen atoms in total. The molecule has 0 aliphatic rings. The quantitative estimate of drug-likeness (QED) is 0.455. The summed E-state index contributed by atoms with van der Waals surface area (Å²) in [5, 5.41) is 24.7. The number of phenolic OH excluding ortho intramolecular Hbond substituents is 2. The molecule has 2 aromatic heterocycles. The smallest absolute Gasteiger partial charge is 0.306 e. The van der Waals surface area contributed by atoms with Crippen LogP contribution in [0.1, 0.15) is 23.5 Å². The van der Waals surface area contributed by atoms with Crippen molar-refractivity contribution in [2.45, 2.75) is 12.3 Å². The van der Waals surface area contributed by atoms with Crippen LogP contribution in [0.3, 0.4) is 0 Å². The molecule has 0 bridgehead atoms. The average molecular weight is 422 g/mol. The van der Waals surface area contributed by atoms with Crippen molar-refractivity contribution < 1.29 is 24.2 Å².